The Morgan fingerprint density at radius 1 is 1.27 bits per heavy atom. The highest BCUT2D eigenvalue weighted by atomic mass is 35.5. The minimum absolute atomic E-state index is 0.0143. The van der Waals surface area contributed by atoms with E-state index in [1.807, 2.05) is 0 Å². The molecule has 2 aromatic rings. The Kier molecular flexibility index (Phi) is 6.03. The molecule has 164 valence electrons. The van der Waals surface area contributed by atoms with Crippen LogP contribution in [0.15, 0.2) is 29.3 Å². The number of hydrogen-bond acceptors (Lipinski definition) is 5. The summed E-state index contributed by atoms with van der Waals surface area (Å²) in [4.78, 5) is 28.0. The number of sulfonamides is 1. The van der Waals surface area contributed by atoms with Crippen LogP contribution in [-0.2, 0) is 19.6 Å². The number of carbonyl (C=O) groups excluding carboxylic acids is 1. The van der Waals surface area contributed by atoms with Gasteiger partial charge in [0.2, 0.25) is 0 Å². The third kappa shape index (κ3) is 4.88. The van der Waals surface area contributed by atoms with Gasteiger partial charge in [-0.25, -0.2) is 13.2 Å². The summed E-state index contributed by atoms with van der Waals surface area (Å²) in [5.41, 5.74) is -0.132. The van der Waals surface area contributed by atoms with Crippen molar-refractivity contribution in [3.05, 3.63) is 29.3 Å². The maximum atomic E-state index is 13.2. The number of ether oxygens (including phenoxy) is 1. The first-order valence-corrected chi connectivity index (χ1v) is 11.2. The fraction of sp³-hybridized carbons (Fsp3) is 0.474. The Morgan fingerprint density at radius 3 is 2.60 bits per heavy atom. The lowest BCUT2D eigenvalue weighted by molar-refractivity contribution is -0.138. The van der Waals surface area contributed by atoms with E-state index in [0.717, 1.165) is 0 Å². The topological polar surface area (TPSA) is 120 Å². The molecule has 1 saturated heterocycles. The highest BCUT2D eigenvalue weighted by Gasteiger charge is 2.39. The van der Waals surface area contributed by atoms with Gasteiger partial charge in [0, 0.05) is 35.6 Å². The van der Waals surface area contributed by atoms with E-state index in [1.165, 1.54) is 15.3 Å². The van der Waals surface area contributed by atoms with E-state index in [-0.39, 0.29) is 24.7 Å². The third-order valence-corrected chi connectivity index (χ3v) is 6.68. The molecule has 3 rings (SSSR count). The summed E-state index contributed by atoms with van der Waals surface area (Å²) in [5.74, 6) is -1.13. The number of halogens is 1. The average molecular weight is 458 g/mol. The van der Waals surface area contributed by atoms with Crippen molar-refractivity contribution in [2.45, 2.75) is 43.9 Å². The van der Waals surface area contributed by atoms with E-state index in [2.05, 4.69) is 4.98 Å². The van der Waals surface area contributed by atoms with Gasteiger partial charge in [0.25, 0.3) is 10.0 Å². The molecule has 1 atom stereocenters. The van der Waals surface area contributed by atoms with Gasteiger partial charge >= 0.3 is 12.1 Å². The molecule has 1 aliphatic rings. The van der Waals surface area contributed by atoms with Crippen LogP contribution in [-0.4, -0.2) is 71.1 Å². The second-order valence-corrected chi connectivity index (χ2v) is 10.5. The van der Waals surface area contributed by atoms with E-state index < -0.39 is 40.1 Å². The maximum absolute atomic E-state index is 13.2. The summed E-state index contributed by atoms with van der Waals surface area (Å²) in [6.45, 7) is 5.02. The van der Waals surface area contributed by atoms with Crippen molar-refractivity contribution in [2.75, 3.05) is 19.6 Å². The van der Waals surface area contributed by atoms with E-state index in [4.69, 9.17) is 16.3 Å². The molecule has 30 heavy (non-hydrogen) atoms. The van der Waals surface area contributed by atoms with Crippen LogP contribution in [0.4, 0.5) is 4.79 Å². The molecule has 1 unspecified atom stereocenters. The van der Waals surface area contributed by atoms with Gasteiger partial charge in [0.05, 0.1) is 12.5 Å². The number of rotatable bonds is 4. The molecule has 0 spiro atoms. The van der Waals surface area contributed by atoms with Crippen LogP contribution in [0.25, 0.3) is 10.9 Å². The van der Waals surface area contributed by atoms with Gasteiger partial charge < -0.3 is 19.7 Å². The van der Waals surface area contributed by atoms with Crippen molar-refractivity contribution in [3.63, 3.8) is 0 Å². The second kappa shape index (κ2) is 8.09. The van der Waals surface area contributed by atoms with Crippen molar-refractivity contribution < 1.29 is 27.9 Å². The molecule has 1 fully saturated rings. The molecule has 11 heteroatoms. The Bertz CT molecular complexity index is 1080. The zero-order valence-corrected chi connectivity index (χ0v) is 18.5. The number of carbonyl (C=O) groups is 2. The lowest BCUT2D eigenvalue weighted by Gasteiger charge is -2.40. The summed E-state index contributed by atoms with van der Waals surface area (Å²) in [6.07, 6.45) is -1.06. The number of nitrogens with one attached hydrogen (secondary N) is 1. The summed E-state index contributed by atoms with van der Waals surface area (Å²) < 4.78 is 32.9. The number of fused-ring (bicyclic) bond motifs is 1. The first kappa shape index (κ1) is 22.4. The molecule has 2 N–H and O–H groups in total. The lowest BCUT2D eigenvalue weighted by atomic mass is 10.1. The average Bonchev–Trinajstić information content (AvgIpc) is 3.03. The van der Waals surface area contributed by atoms with E-state index >= 15 is 0 Å². The Labute approximate surface area is 179 Å². The number of aromatic nitrogens is 1. The van der Waals surface area contributed by atoms with Crippen molar-refractivity contribution in [1.29, 1.82) is 0 Å². The molecule has 0 saturated carbocycles. The molecule has 2 heterocycles. The number of carboxylic acid groups (broad SMARTS) is 1. The highest BCUT2D eigenvalue weighted by Crippen LogP contribution is 2.27. The van der Waals surface area contributed by atoms with Crippen molar-refractivity contribution in [1.82, 2.24) is 14.2 Å². The molecule has 1 aromatic carbocycles. The number of amides is 1. The molecular formula is C19H24ClN3O6S. The zero-order valence-electron chi connectivity index (χ0n) is 16.9. The van der Waals surface area contributed by atoms with Gasteiger partial charge in [0.15, 0.2) is 0 Å². The van der Waals surface area contributed by atoms with Gasteiger partial charge in [-0.15, -0.1) is 0 Å². The van der Waals surface area contributed by atoms with Crippen molar-refractivity contribution in [2.24, 2.45) is 0 Å². The van der Waals surface area contributed by atoms with Crippen LogP contribution in [0.1, 0.15) is 27.2 Å². The molecular weight excluding hydrogens is 434 g/mol. The molecule has 0 aliphatic carbocycles. The monoisotopic (exact) mass is 457 g/mol. The Morgan fingerprint density at radius 2 is 1.97 bits per heavy atom. The number of benzene rings is 1. The minimum Gasteiger partial charge on any atom is -0.481 e. The number of nitrogens with zero attached hydrogens (tertiary/aromatic N) is 2. The highest BCUT2D eigenvalue weighted by molar-refractivity contribution is 7.89. The largest absolute Gasteiger partial charge is 0.481 e. The van der Waals surface area contributed by atoms with Crippen LogP contribution in [0.2, 0.25) is 5.02 Å². The molecule has 1 aliphatic heterocycles. The minimum atomic E-state index is -3.93. The van der Waals surface area contributed by atoms with Crippen molar-refractivity contribution in [3.8, 4) is 0 Å². The van der Waals surface area contributed by atoms with Crippen LogP contribution in [0.3, 0.4) is 0 Å². The molecule has 1 amide bonds. The fourth-order valence-corrected chi connectivity index (χ4v) is 5.00. The van der Waals surface area contributed by atoms with Crippen LogP contribution < -0.4 is 0 Å². The van der Waals surface area contributed by atoms with Gasteiger partial charge in [-0.05, 0) is 45.0 Å². The summed E-state index contributed by atoms with van der Waals surface area (Å²) in [5, 5.41) is 10.4. The normalized spacial score (nSPS) is 18.5. The predicted octanol–water partition coefficient (Wildman–Crippen LogP) is 2.91. The first-order chi connectivity index (χ1) is 13.9. The van der Waals surface area contributed by atoms with Gasteiger partial charge in [-0.1, -0.05) is 11.6 Å². The summed E-state index contributed by atoms with van der Waals surface area (Å²) in [6, 6.07) is 5.63. The fourth-order valence-electron chi connectivity index (χ4n) is 3.34. The number of hydrogen-bond donors (Lipinski definition) is 2. The summed E-state index contributed by atoms with van der Waals surface area (Å²) >= 11 is 5.97. The smallest absolute Gasteiger partial charge is 0.410 e. The van der Waals surface area contributed by atoms with E-state index in [9.17, 15) is 23.1 Å². The molecule has 0 radical (unpaired) electrons. The molecule has 1 aromatic heterocycles. The second-order valence-electron chi connectivity index (χ2n) is 8.15. The predicted molar refractivity (Wildman–Crippen MR) is 111 cm³/mol. The van der Waals surface area contributed by atoms with Crippen LogP contribution in [0.5, 0.6) is 0 Å². The Balaban J connectivity index is 1.85. The van der Waals surface area contributed by atoms with Gasteiger partial charge in [-0.3, -0.25) is 4.79 Å². The lowest BCUT2D eigenvalue weighted by Crippen LogP contribution is -2.57. The zero-order chi connectivity index (χ0) is 22.3. The van der Waals surface area contributed by atoms with Gasteiger partial charge in [0.1, 0.15) is 10.6 Å². The number of piperazine rings is 1. The van der Waals surface area contributed by atoms with Gasteiger partial charge in [-0.2, -0.15) is 4.31 Å². The third-order valence-electron chi connectivity index (χ3n) is 4.66. The van der Waals surface area contributed by atoms with E-state index in [0.29, 0.717) is 15.9 Å². The molecule has 0 bridgehead atoms. The number of aromatic amines is 1. The first-order valence-electron chi connectivity index (χ1n) is 9.37. The standard InChI is InChI=1S/C19H24ClN3O6S/c1-19(2,3)29-18(26)23-7-6-22(11-14(23)10-17(24)25)30(27,28)16-9-12-8-13(20)4-5-15(12)21-16/h4-5,8-9,14,21H,6-7,10-11H2,1-3H3,(H,24,25). The molecule has 9 nitrogen and oxygen atoms in total. The maximum Gasteiger partial charge on any atom is 0.410 e. The number of H-pyrrole nitrogens is 1. The SMILES string of the molecule is CC(C)(C)OC(=O)N1CCN(S(=O)(=O)c2cc3cc(Cl)ccc3[nH]2)CC1CC(=O)O. The number of carboxylic acids is 1. The van der Waals surface area contributed by atoms with Crippen LogP contribution in [0, 0.1) is 0 Å². The van der Waals surface area contributed by atoms with Crippen LogP contribution >= 0.6 is 11.6 Å². The van der Waals surface area contributed by atoms with Crippen molar-refractivity contribution >= 4 is 44.6 Å². The van der Waals surface area contributed by atoms with E-state index in [1.54, 1.807) is 39.0 Å². The quantitative estimate of drug-likeness (QED) is 0.728. The summed E-state index contributed by atoms with van der Waals surface area (Å²) in [7, 11) is -3.93. The number of aliphatic carboxylic acids is 1. The Hall–Kier alpha value is -2.30.